The van der Waals surface area contributed by atoms with E-state index >= 15 is 0 Å². The Kier molecular flexibility index (Phi) is 4.68. The Morgan fingerprint density at radius 3 is 2.68 bits per heavy atom. The number of carbonyl (C=O) groups excluding carboxylic acids is 2. The lowest BCUT2D eigenvalue weighted by Crippen LogP contribution is -2.40. The predicted octanol–water partition coefficient (Wildman–Crippen LogP) is 1.78. The number of carbonyl (C=O) groups is 2. The number of rotatable bonds is 3. The van der Waals surface area contributed by atoms with Gasteiger partial charge in [0.25, 0.3) is 0 Å². The number of hydrogen-bond acceptors (Lipinski definition) is 2. The lowest BCUT2D eigenvalue weighted by molar-refractivity contribution is -0.143. The van der Waals surface area contributed by atoms with E-state index in [1.807, 2.05) is 0 Å². The number of nitrogens with one attached hydrogen (secondary N) is 1. The fourth-order valence-electron chi connectivity index (χ4n) is 2.29. The van der Waals surface area contributed by atoms with Crippen LogP contribution in [0.25, 0.3) is 0 Å². The summed E-state index contributed by atoms with van der Waals surface area (Å²) in [6, 6.07) is 4.54. The lowest BCUT2D eigenvalue weighted by atomic mass is 9.99. The summed E-state index contributed by atoms with van der Waals surface area (Å²) in [7, 11) is 0. The van der Waals surface area contributed by atoms with Crippen molar-refractivity contribution < 1.29 is 27.2 Å². The lowest BCUT2D eigenvalue weighted by Gasteiger charge is -2.29. The highest BCUT2D eigenvalue weighted by Gasteiger charge is 2.29. The smallest absolute Gasteiger partial charge is 0.347 e. The van der Waals surface area contributed by atoms with Crippen LogP contribution in [0.3, 0.4) is 0 Å². The van der Waals surface area contributed by atoms with Gasteiger partial charge in [0.2, 0.25) is 11.8 Å². The van der Waals surface area contributed by atoms with Gasteiger partial charge in [0.05, 0.1) is 0 Å². The van der Waals surface area contributed by atoms with Crippen molar-refractivity contribution in [2.75, 3.05) is 13.1 Å². The fourth-order valence-corrected chi connectivity index (χ4v) is 2.29. The van der Waals surface area contributed by atoms with Crippen LogP contribution in [0.15, 0.2) is 18.2 Å². The van der Waals surface area contributed by atoms with E-state index in [-0.39, 0.29) is 18.9 Å². The first-order valence-electron chi connectivity index (χ1n) is 6.64. The molecule has 0 saturated carbocycles. The summed E-state index contributed by atoms with van der Waals surface area (Å²) in [5.41, 5.74) is 1.18. The van der Waals surface area contributed by atoms with Crippen molar-refractivity contribution in [2.45, 2.75) is 25.6 Å². The van der Waals surface area contributed by atoms with Crippen molar-refractivity contribution in [3.05, 3.63) is 35.1 Å². The van der Waals surface area contributed by atoms with E-state index in [1.165, 1.54) is 17.0 Å². The van der Waals surface area contributed by atoms with E-state index in [2.05, 4.69) is 0 Å². The molecule has 2 amide bonds. The summed E-state index contributed by atoms with van der Waals surface area (Å²) >= 11 is 0. The van der Waals surface area contributed by atoms with Crippen LogP contribution >= 0.6 is 0 Å². The highest BCUT2D eigenvalue weighted by Crippen LogP contribution is 2.22. The molecule has 1 aliphatic rings. The maximum Gasteiger partial charge on any atom is 0.405 e. The summed E-state index contributed by atoms with van der Waals surface area (Å²) in [5, 5.41) is 1.65. The van der Waals surface area contributed by atoms with Crippen molar-refractivity contribution in [1.82, 2.24) is 10.2 Å². The molecule has 120 valence electrons. The van der Waals surface area contributed by atoms with Crippen LogP contribution in [0, 0.1) is 5.82 Å². The van der Waals surface area contributed by atoms with Crippen LogP contribution in [0.4, 0.5) is 17.6 Å². The van der Waals surface area contributed by atoms with E-state index in [0.717, 1.165) is 0 Å². The zero-order valence-corrected chi connectivity index (χ0v) is 11.5. The van der Waals surface area contributed by atoms with Crippen LogP contribution in [0.2, 0.25) is 0 Å². The van der Waals surface area contributed by atoms with Crippen LogP contribution in [0.1, 0.15) is 17.5 Å². The number of amides is 2. The maximum absolute atomic E-state index is 13.5. The van der Waals surface area contributed by atoms with E-state index in [4.69, 9.17) is 0 Å². The molecular formula is C14H14F4N2O2. The van der Waals surface area contributed by atoms with E-state index < -0.39 is 31.0 Å². The van der Waals surface area contributed by atoms with Gasteiger partial charge in [-0.15, -0.1) is 0 Å². The van der Waals surface area contributed by atoms with Gasteiger partial charge in [0.15, 0.2) is 0 Å². The highest BCUT2D eigenvalue weighted by molar-refractivity contribution is 5.96. The van der Waals surface area contributed by atoms with E-state index in [1.54, 1.807) is 11.4 Å². The molecule has 4 nitrogen and oxygen atoms in total. The minimum Gasteiger partial charge on any atom is -0.347 e. The molecule has 0 aliphatic carbocycles. The molecule has 22 heavy (non-hydrogen) atoms. The van der Waals surface area contributed by atoms with Crippen LogP contribution in [0.5, 0.6) is 0 Å². The predicted molar refractivity (Wildman–Crippen MR) is 69.2 cm³/mol. The van der Waals surface area contributed by atoms with Crippen LogP contribution in [-0.4, -0.2) is 36.0 Å². The quantitative estimate of drug-likeness (QED) is 0.682. The van der Waals surface area contributed by atoms with Crippen LogP contribution in [-0.2, 0) is 22.6 Å². The minimum atomic E-state index is -4.51. The van der Waals surface area contributed by atoms with Gasteiger partial charge in [0.1, 0.15) is 18.8 Å². The van der Waals surface area contributed by atoms with Gasteiger partial charge in [-0.3, -0.25) is 9.59 Å². The molecule has 0 atom stereocenters. The number of alkyl halides is 3. The molecule has 8 heteroatoms. The van der Waals surface area contributed by atoms with Gasteiger partial charge < -0.3 is 10.2 Å². The number of nitrogens with zero attached hydrogens (tertiary/aromatic N) is 1. The van der Waals surface area contributed by atoms with Crippen molar-refractivity contribution >= 4 is 11.8 Å². The van der Waals surface area contributed by atoms with Gasteiger partial charge in [-0.1, -0.05) is 12.1 Å². The second kappa shape index (κ2) is 6.33. The second-order valence-corrected chi connectivity index (χ2v) is 5.01. The maximum atomic E-state index is 13.5. The molecular weight excluding hydrogens is 304 g/mol. The molecule has 1 aliphatic heterocycles. The molecule has 1 aromatic rings. The molecule has 0 radical (unpaired) electrons. The van der Waals surface area contributed by atoms with Crippen LogP contribution < -0.4 is 5.32 Å². The molecule has 0 saturated heterocycles. The molecule has 1 N–H and O–H groups in total. The Morgan fingerprint density at radius 1 is 1.27 bits per heavy atom. The van der Waals surface area contributed by atoms with Gasteiger partial charge in [-0.05, 0) is 23.6 Å². The SMILES string of the molecule is O=C(CC(=O)N1CCc2c(F)cccc2C1)NCC(F)(F)F. The molecule has 0 aromatic heterocycles. The Labute approximate surface area is 124 Å². The average molecular weight is 318 g/mol. The monoisotopic (exact) mass is 318 g/mol. The Hall–Kier alpha value is -2.12. The van der Waals surface area contributed by atoms with Crippen molar-refractivity contribution in [3.63, 3.8) is 0 Å². The Balaban J connectivity index is 1.91. The van der Waals surface area contributed by atoms with Crippen molar-refractivity contribution in [1.29, 1.82) is 0 Å². The van der Waals surface area contributed by atoms with Gasteiger partial charge in [-0.25, -0.2) is 4.39 Å². The molecule has 0 fully saturated rings. The minimum absolute atomic E-state index is 0.151. The third kappa shape index (κ3) is 4.19. The molecule has 0 spiro atoms. The molecule has 2 rings (SSSR count). The molecule has 0 bridgehead atoms. The number of halogens is 4. The van der Waals surface area contributed by atoms with Gasteiger partial charge in [-0.2, -0.15) is 13.2 Å². The summed E-state index contributed by atoms with van der Waals surface area (Å²) in [5.74, 6) is -1.89. The number of fused-ring (bicyclic) bond motifs is 1. The first-order valence-corrected chi connectivity index (χ1v) is 6.64. The van der Waals surface area contributed by atoms with Gasteiger partial charge >= 0.3 is 6.18 Å². The first kappa shape index (κ1) is 16.3. The molecule has 0 unspecified atom stereocenters. The zero-order valence-electron chi connectivity index (χ0n) is 11.5. The van der Waals surface area contributed by atoms with E-state index in [9.17, 15) is 27.2 Å². The summed E-state index contributed by atoms with van der Waals surface area (Å²) in [6.45, 7) is -1.08. The molecule has 1 aromatic carbocycles. The standard InChI is InChI=1S/C14H14F4N2O2/c15-11-3-1-2-9-7-20(5-4-10(9)11)13(22)6-12(21)19-8-14(16,17)18/h1-3H,4-8H2,(H,19,21). The Morgan fingerprint density at radius 2 is 2.00 bits per heavy atom. The summed E-state index contributed by atoms with van der Waals surface area (Å²) in [4.78, 5) is 24.6. The topological polar surface area (TPSA) is 49.4 Å². The highest BCUT2D eigenvalue weighted by atomic mass is 19.4. The normalized spacial score (nSPS) is 14.5. The van der Waals surface area contributed by atoms with Crippen molar-refractivity contribution in [2.24, 2.45) is 0 Å². The first-order chi connectivity index (χ1) is 10.3. The van der Waals surface area contributed by atoms with Crippen molar-refractivity contribution in [3.8, 4) is 0 Å². The third-order valence-electron chi connectivity index (χ3n) is 3.36. The second-order valence-electron chi connectivity index (χ2n) is 5.01. The zero-order chi connectivity index (χ0) is 16.3. The number of benzene rings is 1. The van der Waals surface area contributed by atoms with Gasteiger partial charge in [0, 0.05) is 13.1 Å². The average Bonchev–Trinajstić information content (AvgIpc) is 2.44. The van der Waals surface area contributed by atoms with E-state index in [0.29, 0.717) is 17.5 Å². The fraction of sp³-hybridized carbons (Fsp3) is 0.429. The Bertz CT molecular complexity index is 587. The number of hydrogen-bond donors (Lipinski definition) is 1. The summed E-state index contributed by atoms with van der Waals surface area (Å²) in [6.07, 6.45) is -4.85. The molecule has 1 heterocycles. The third-order valence-corrected chi connectivity index (χ3v) is 3.36. The largest absolute Gasteiger partial charge is 0.405 e. The summed E-state index contributed by atoms with van der Waals surface area (Å²) < 4.78 is 49.4.